The summed E-state index contributed by atoms with van der Waals surface area (Å²) in [5.74, 6) is 0.531. The van der Waals surface area contributed by atoms with Crippen LogP contribution in [0.3, 0.4) is 0 Å². The maximum atomic E-state index is 13.2. The number of nitrogens with one attached hydrogen (secondary N) is 1. The maximum absolute atomic E-state index is 13.2. The smallest absolute Gasteiger partial charge is 0.274 e. The number of rotatable bonds is 6. The van der Waals surface area contributed by atoms with Gasteiger partial charge in [0.25, 0.3) is 10.0 Å². The monoisotopic (exact) mass is 431 g/mol. The van der Waals surface area contributed by atoms with Gasteiger partial charge >= 0.3 is 0 Å². The number of thiophene rings is 1. The molecule has 0 aliphatic carbocycles. The van der Waals surface area contributed by atoms with Gasteiger partial charge < -0.3 is 10.1 Å². The average Bonchev–Trinajstić information content (AvgIpc) is 3.08. The van der Waals surface area contributed by atoms with Gasteiger partial charge in [0.2, 0.25) is 10.0 Å². The molecular weight excluding hydrogens is 410 g/mol. The largest absolute Gasteiger partial charge is 0.497 e. The summed E-state index contributed by atoms with van der Waals surface area (Å²) in [5.41, 5.74) is 0.894. The zero-order chi connectivity index (χ0) is 19.8. The van der Waals surface area contributed by atoms with Crippen LogP contribution in [0.1, 0.15) is 24.9 Å². The second kappa shape index (κ2) is 7.40. The van der Waals surface area contributed by atoms with Crippen molar-refractivity contribution in [1.82, 2.24) is 5.32 Å². The van der Waals surface area contributed by atoms with E-state index in [1.165, 1.54) is 17.5 Å². The number of hydrogen-bond donors (Lipinski definition) is 2. The van der Waals surface area contributed by atoms with Crippen molar-refractivity contribution in [3.8, 4) is 5.75 Å². The third-order valence-electron chi connectivity index (χ3n) is 4.21. The summed E-state index contributed by atoms with van der Waals surface area (Å²) in [5, 5.41) is 8.52. The van der Waals surface area contributed by atoms with E-state index in [9.17, 15) is 16.8 Å². The van der Waals surface area contributed by atoms with Crippen LogP contribution in [0.4, 0.5) is 5.69 Å². The topological polar surface area (TPSA) is 119 Å². The molecule has 1 aliphatic heterocycles. The molecule has 0 saturated heterocycles. The normalized spacial score (nSPS) is 18.9. The van der Waals surface area contributed by atoms with E-state index in [-0.39, 0.29) is 21.0 Å². The first-order chi connectivity index (χ1) is 12.7. The van der Waals surface area contributed by atoms with Crippen LogP contribution in [0, 0.1) is 0 Å². The first kappa shape index (κ1) is 20.1. The van der Waals surface area contributed by atoms with Gasteiger partial charge in [0.1, 0.15) is 14.2 Å². The van der Waals surface area contributed by atoms with Crippen LogP contribution < -0.4 is 19.5 Å². The first-order valence-electron chi connectivity index (χ1n) is 8.25. The molecule has 2 aromatic rings. The Morgan fingerprint density at radius 3 is 2.74 bits per heavy atom. The van der Waals surface area contributed by atoms with Gasteiger partial charge in [0.05, 0.1) is 25.4 Å². The number of nitrogens with zero attached hydrogens (tertiary/aromatic N) is 1. The summed E-state index contributed by atoms with van der Waals surface area (Å²) >= 11 is 0.681. The summed E-state index contributed by atoms with van der Waals surface area (Å²) in [7, 11) is -6.41. The van der Waals surface area contributed by atoms with Crippen LogP contribution in [-0.4, -0.2) is 37.0 Å². The third kappa shape index (κ3) is 3.83. The van der Waals surface area contributed by atoms with E-state index in [1.807, 2.05) is 6.92 Å². The Labute approximate surface area is 163 Å². The highest BCUT2D eigenvalue weighted by atomic mass is 32.3. The molecule has 1 aromatic heterocycles. The van der Waals surface area contributed by atoms with Crippen molar-refractivity contribution in [1.29, 1.82) is 0 Å². The molecule has 3 rings (SSSR count). The van der Waals surface area contributed by atoms with Gasteiger partial charge in [-0.15, -0.1) is 11.3 Å². The van der Waals surface area contributed by atoms with Crippen molar-refractivity contribution < 1.29 is 21.6 Å². The van der Waals surface area contributed by atoms with Gasteiger partial charge in [-0.25, -0.2) is 22.0 Å². The average molecular weight is 432 g/mol. The molecule has 0 radical (unpaired) electrons. The van der Waals surface area contributed by atoms with Crippen molar-refractivity contribution >= 4 is 37.1 Å². The van der Waals surface area contributed by atoms with Gasteiger partial charge in [-0.05, 0) is 31.2 Å². The molecule has 0 amide bonds. The summed E-state index contributed by atoms with van der Waals surface area (Å²) < 4.78 is 56.2. The lowest BCUT2D eigenvalue weighted by Gasteiger charge is -2.34. The highest BCUT2D eigenvalue weighted by Gasteiger charge is 2.40. The molecule has 3 N–H and O–H groups in total. The van der Waals surface area contributed by atoms with E-state index in [4.69, 9.17) is 9.88 Å². The fourth-order valence-corrected chi connectivity index (χ4v) is 7.16. The Morgan fingerprint density at radius 1 is 1.37 bits per heavy atom. The molecule has 1 aromatic carbocycles. The van der Waals surface area contributed by atoms with Crippen molar-refractivity contribution in [2.75, 3.05) is 24.5 Å². The molecule has 1 aliphatic rings. The fourth-order valence-electron chi connectivity index (χ4n) is 2.92. The molecule has 8 nitrogen and oxygen atoms in total. The predicted octanol–water partition coefficient (Wildman–Crippen LogP) is 1.65. The van der Waals surface area contributed by atoms with E-state index in [0.29, 0.717) is 34.9 Å². The lowest BCUT2D eigenvalue weighted by atomic mass is 10.1. The molecule has 27 heavy (non-hydrogen) atoms. The predicted molar refractivity (Wildman–Crippen MR) is 104 cm³/mol. The van der Waals surface area contributed by atoms with Gasteiger partial charge in [-0.2, -0.15) is 0 Å². The van der Waals surface area contributed by atoms with Crippen LogP contribution >= 0.6 is 11.3 Å². The third-order valence-corrected chi connectivity index (χ3v) is 9.11. The molecule has 11 heteroatoms. The maximum Gasteiger partial charge on any atom is 0.274 e. The number of primary sulfonamides is 1. The summed E-state index contributed by atoms with van der Waals surface area (Å²) in [6, 6.07) is 7.76. The minimum atomic E-state index is -4.00. The lowest BCUT2D eigenvalue weighted by molar-refractivity contribution is 0.415. The molecule has 0 spiro atoms. The Morgan fingerprint density at radius 2 is 2.11 bits per heavy atom. The first-order valence-corrected chi connectivity index (χ1v) is 12.1. The van der Waals surface area contributed by atoms with E-state index >= 15 is 0 Å². The van der Waals surface area contributed by atoms with Crippen LogP contribution in [0.5, 0.6) is 5.75 Å². The summed E-state index contributed by atoms with van der Waals surface area (Å²) in [6.07, 6.45) is 0.851. The van der Waals surface area contributed by atoms with Gasteiger partial charge in [-0.3, -0.25) is 4.31 Å². The molecule has 0 fully saturated rings. The van der Waals surface area contributed by atoms with Gasteiger partial charge in [0, 0.05) is 11.6 Å². The van der Waals surface area contributed by atoms with E-state index in [2.05, 4.69) is 5.32 Å². The minimum Gasteiger partial charge on any atom is -0.497 e. The summed E-state index contributed by atoms with van der Waals surface area (Å²) in [4.78, 5) is 0. The highest BCUT2D eigenvalue weighted by molar-refractivity contribution is 7.96. The minimum absolute atomic E-state index is 0.00537. The molecular formula is C16H21N3O5S3. The Hall–Kier alpha value is -1.66. The highest BCUT2D eigenvalue weighted by Crippen LogP contribution is 2.42. The van der Waals surface area contributed by atoms with Crippen molar-refractivity contribution in [2.24, 2.45) is 5.14 Å². The van der Waals surface area contributed by atoms with E-state index in [1.54, 1.807) is 24.3 Å². The Balaban J connectivity index is 2.14. The van der Waals surface area contributed by atoms with Crippen molar-refractivity contribution in [3.05, 3.63) is 35.9 Å². The van der Waals surface area contributed by atoms with Crippen molar-refractivity contribution in [3.63, 3.8) is 0 Å². The summed E-state index contributed by atoms with van der Waals surface area (Å²) in [6.45, 7) is 2.80. The zero-order valence-electron chi connectivity index (χ0n) is 14.9. The Kier molecular flexibility index (Phi) is 5.50. The SMILES string of the molecule is CCCN[C@H]1CN(c2cccc(OC)c2)S(=O)(=O)c2sc(S(N)(=O)=O)cc21. The van der Waals surface area contributed by atoms with Gasteiger partial charge in [0.15, 0.2) is 0 Å². The van der Waals surface area contributed by atoms with Crippen LogP contribution in [0.2, 0.25) is 0 Å². The fraction of sp³-hybridized carbons (Fsp3) is 0.375. The lowest BCUT2D eigenvalue weighted by Crippen LogP contribution is -2.43. The zero-order valence-corrected chi connectivity index (χ0v) is 17.3. The number of anilines is 1. The number of nitrogens with two attached hydrogens (primary N) is 1. The van der Waals surface area contributed by atoms with E-state index in [0.717, 1.165) is 6.42 Å². The number of ether oxygens (including phenoxy) is 1. The van der Waals surface area contributed by atoms with Crippen LogP contribution in [0.25, 0.3) is 0 Å². The molecule has 0 unspecified atom stereocenters. The standard InChI is InChI=1S/C16H21N3O5S3/c1-3-7-18-14-10-19(11-5-4-6-12(8-11)24-2)27(22,23)16-13(14)9-15(25-16)26(17,20)21/h4-6,8-9,14,18H,3,7,10H2,1-2H3,(H2,17,20,21)/t14-/m0/s1. The molecule has 0 bridgehead atoms. The second-order valence-electron chi connectivity index (χ2n) is 6.10. The van der Waals surface area contributed by atoms with Crippen molar-refractivity contribution in [2.45, 2.75) is 27.8 Å². The van der Waals surface area contributed by atoms with E-state index < -0.39 is 20.0 Å². The number of fused-ring (bicyclic) bond motifs is 1. The number of benzene rings is 1. The van der Waals surface area contributed by atoms with Crippen LogP contribution in [0.15, 0.2) is 38.8 Å². The second-order valence-corrected chi connectivity index (χ2v) is 11.0. The van der Waals surface area contributed by atoms with Gasteiger partial charge in [-0.1, -0.05) is 13.0 Å². The Bertz CT molecular complexity index is 1050. The molecule has 0 saturated carbocycles. The molecule has 1 atom stereocenters. The quantitative estimate of drug-likeness (QED) is 0.718. The number of methoxy groups -OCH3 is 1. The van der Waals surface area contributed by atoms with Crippen LogP contribution in [-0.2, 0) is 20.0 Å². The number of sulfonamides is 2. The molecule has 2 heterocycles. The molecule has 148 valence electrons. The number of hydrogen-bond acceptors (Lipinski definition) is 7.